The van der Waals surface area contributed by atoms with E-state index < -0.39 is 10.0 Å². The molecule has 0 radical (unpaired) electrons. The second-order valence-corrected chi connectivity index (χ2v) is 8.00. The highest BCUT2D eigenvalue weighted by molar-refractivity contribution is 7.89. The van der Waals surface area contributed by atoms with Gasteiger partial charge < -0.3 is 10.3 Å². The molecule has 1 aliphatic rings. The Labute approximate surface area is 128 Å². The first-order valence-corrected chi connectivity index (χ1v) is 9.32. The molecule has 2 unspecified atom stereocenters. The molecule has 0 bridgehead atoms. The molecule has 0 aliphatic heterocycles. The van der Waals surface area contributed by atoms with E-state index >= 15 is 0 Å². The lowest BCUT2D eigenvalue weighted by molar-refractivity contribution is 0.445. The molecule has 6 heteroatoms. The zero-order chi connectivity index (χ0) is 15.5. The van der Waals surface area contributed by atoms with Gasteiger partial charge in [-0.2, -0.15) is 0 Å². The van der Waals surface area contributed by atoms with E-state index in [1.165, 1.54) is 12.8 Å². The van der Waals surface area contributed by atoms with Crippen molar-refractivity contribution in [1.82, 2.24) is 15.0 Å². The van der Waals surface area contributed by atoms with Crippen LogP contribution in [0, 0.1) is 5.92 Å². The summed E-state index contributed by atoms with van der Waals surface area (Å²) in [4.78, 5) is 3.36. The highest BCUT2D eigenvalue weighted by atomic mass is 32.2. The fraction of sp³-hybridized carbons (Fsp3) is 0.733. The quantitative estimate of drug-likeness (QED) is 0.655. The second kappa shape index (κ2) is 6.94. The van der Waals surface area contributed by atoms with Crippen molar-refractivity contribution in [2.45, 2.75) is 70.0 Å². The van der Waals surface area contributed by atoms with Crippen LogP contribution >= 0.6 is 0 Å². The van der Waals surface area contributed by atoms with E-state index in [1.807, 2.05) is 6.92 Å². The minimum absolute atomic E-state index is 0.0483. The van der Waals surface area contributed by atoms with Crippen LogP contribution in [-0.4, -0.2) is 25.5 Å². The van der Waals surface area contributed by atoms with Gasteiger partial charge in [-0.25, -0.2) is 13.1 Å². The number of H-pyrrole nitrogens is 1. The molecule has 120 valence electrons. The Hall–Kier alpha value is -0.850. The molecule has 3 N–H and O–H groups in total. The van der Waals surface area contributed by atoms with Crippen molar-refractivity contribution in [2.75, 3.05) is 0 Å². The first kappa shape index (κ1) is 16.5. The average molecular weight is 313 g/mol. The van der Waals surface area contributed by atoms with E-state index in [0.29, 0.717) is 23.4 Å². The fourth-order valence-electron chi connectivity index (χ4n) is 2.37. The Bertz CT molecular complexity index is 549. The van der Waals surface area contributed by atoms with Crippen molar-refractivity contribution >= 4 is 10.0 Å². The van der Waals surface area contributed by atoms with Crippen molar-refractivity contribution in [2.24, 2.45) is 5.92 Å². The maximum absolute atomic E-state index is 12.3. The van der Waals surface area contributed by atoms with Gasteiger partial charge in [0.2, 0.25) is 10.0 Å². The van der Waals surface area contributed by atoms with Crippen molar-refractivity contribution < 1.29 is 8.42 Å². The summed E-state index contributed by atoms with van der Waals surface area (Å²) in [6, 6.07) is 2.28. The van der Waals surface area contributed by atoms with E-state index in [-0.39, 0.29) is 6.04 Å². The molecule has 1 fully saturated rings. The fourth-order valence-corrected chi connectivity index (χ4v) is 3.64. The first-order valence-electron chi connectivity index (χ1n) is 7.83. The van der Waals surface area contributed by atoms with Gasteiger partial charge in [0.05, 0.1) is 4.90 Å². The number of hydrogen-bond donors (Lipinski definition) is 3. The molecule has 1 heterocycles. The molecule has 1 aliphatic carbocycles. The highest BCUT2D eigenvalue weighted by Crippen LogP contribution is 2.20. The molecule has 1 aromatic rings. The van der Waals surface area contributed by atoms with Crippen LogP contribution in [0.25, 0.3) is 0 Å². The van der Waals surface area contributed by atoms with E-state index in [9.17, 15) is 8.42 Å². The van der Waals surface area contributed by atoms with Crippen molar-refractivity contribution in [3.8, 4) is 0 Å². The summed E-state index contributed by atoms with van der Waals surface area (Å²) in [7, 11) is -3.42. The Kier molecular flexibility index (Phi) is 5.46. The third-order valence-corrected chi connectivity index (χ3v) is 5.56. The van der Waals surface area contributed by atoms with E-state index in [2.05, 4.69) is 28.9 Å². The van der Waals surface area contributed by atoms with Gasteiger partial charge >= 0.3 is 0 Å². The lowest BCUT2D eigenvalue weighted by atomic mass is 10.0. The molecule has 0 spiro atoms. The third kappa shape index (κ3) is 5.13. The maximum atomic E-state index is 12.3. The van der Waals surface area contributed by atoms with Gasteiger partial charge in [-0.3, -0.25) is 0 Å². The normalized spacial score (nSPS) is 18.6. The molecule has 1 aromatic heterocycles. The summed E-state index contributed by atoms with van der Waals surface area (Å²) in [5.74, 6) is 0.521. The average Bonchev–Trinajstić information content (AvgIpc) is 3.11. The van der Waals surface area contributed by atoms with E-state index in [0.717, 1.165) is 18.5 Å². The topological polar surface area (TPSA) is 74.0 Å². The predicted octanol–water partition coefficient (Wildman–Crippen LogP) is 2.37. The smallest absolute Gasteiger partial charge is 0.242 e. The van der Waals surface area contributed by atoms with E-state index in [4.69, 9.17) is 0 Å². The zero-order valence-corrected chi connectivity index (χ0v) is 14.0. The second-order valence-electron chi connectivity index (χ2n) is 6.29. The highest BCUT2D eigenvalue weighted by Gasteiger charge is 2.22. The zero-order valence-electron chi connectivity index (χ0n) is 13.1. The first-order chi connectivity index (χ1) is 9.90. The molecule has 21 heavy (non-hydrogen) atoms. The monoisotopic (exact) mass is 313 g/mol. The Morgan fingerprint density at radius 1 is 1.38 bits per heavy atom. The molecule has 2 rings (SSSR count). The number of sulfonamides is 1. The summed E-state index contributed by atoms with van der Waals surface area (Å²) >= 11 is 0. The van der Waals surface area contributed by atoms with Gasteiger partial charge in [0.1, 0.15) is 0 Å². The van der Waals surface area contributed by atoms with Crippen molar-refractivity contribution in [3.63, 3.8) is 0 Å². The number of aromatic nitrogens is 1. The van der Waals surface area contributed by atoms with Crippen LogP contribution in [0.3, 0.4) is 0 Å². The standard InChI is InChI=1S/C15H27N3O2S/c1-4-11(2)7-12(3)18-21(19,20)15-8-14(17-10-15)9-16-13-5-6-13/h8,10-13,16-18H,4-7,9H2,1-3H3. The van der Waals surface area contributed by atoms with Crippen LogP contribution in [0.1, 0.15) is 52.1 Å². The van der Waals surface area contributed by atoms with Crippen LogP contribution in [0.4, 0.5) is 0 Å². The third-order valence-electron chi connectivity index (χ3n) is 3.99. The van der Waals surface area contributed by atoms with Crippen LogP contribution in [0.2, 0.25) is 0 Å². The maximum Gasteiger partial charge on any atom is 0.242 e. The molecule has 2 atom stereocenters. The Balaban J connectivity index is 1.91. The van der Waals surface area contributed by atoms with Gasteiger partial charge in [0.25, 0.3) is 0 Å². The molecule has 0 amide bonds. The summed E-state index contributed by atoms with van der Waals surface area (Å²) in [6.07, 6.45) is 5.94. The molecule has 0 saturated heterocycles. The van der Waals surface area contributed by atoms with Gasteiger partial charge in [0, 0.05) is 30.5 Å². The van der Waals surface area contributed by atoms with Crippen LogP contribution in [0.5, 0.6) is 0 Å². The Morgan fingerprint density at radius 2 is 2.10 bits per heavy atom. The van der Waals surface area contributed by atoms with Gasteiger partial charge in [-0.15, -0.1) is 0 Å². The predicted molar refractivity (Wildman–Crippen MR) is 84.5 cm³/mol. The number of nitrogens with one attached hydrogen (secondary N) is 3. The molecule has 0 aromatic carbocycles. The minimum atomic E-state index is -3.42. The van der Waals surface area contributed by atoms with Crippen molar-refractivity contribution in [1.29, 1.82) is 0 Å². The number of hydrogen-bond acceptors (Lipinski definition) is 3. The summed E-state index contributed by atoms with van der Waals surface area (Å²) in [6.45, 7) is 6.88. The SMILES string of the molecule is CCC(C)CC(C)NS(=O)(=O)c1c[nH]c(CNC2CC2)c1. The van der Waals surface area contributed by atoms with Gasteiger partial charge in [0.15, 0.2) is 0 Å². The lowest BCUT2D eigenvalue weighted by Gasteiger charge is -2.17. The largest absolute Gasteiger partial charge is 0.363 e. The van der Waals surface area contributed by atoms with Crippen LogP contribution < -0.4 is 10.0 Å². The Morgan fingerprint density at radius 3 is 2.71 bits per heavy atom. The number of rotatable bonds is 9. The number of aromatic amines is 1. The van der Waals surface area contributed by atoms with Gasteiger partial charge in [-0.1, -0.05) is 20.3 Å². The minimum Gasteiger partial charge on any atom is -0.363 e. The van der Waals surface area contributed by atoms with E-state index in [1.54, 1.807) is 12.3 Å². The van der Waals surface area contributed by atoms with Gasteiger partial charge in [-0.05, 0) is 38.2 Å². The molecular weight excluding hydrogens is 286 g/mol. The summed E-state index contributed by atoms with van der Waals surface area (Å²) in [5, 5.41) is 3.37. The summed E-state index contributed by atoms with van der Waals surface area (Å²) < 4.78 is 27.4. The van der Waals surface area contributed by atoms with Crippen LogP contribution in [0.15, 0.2) is 17.2 Å². The van der Waals surface area contributed by atoms with Crippen molar-refractivity contribution in [3.05, 3.63) is 18.0 Å². The van der Waals surface area contributed by atoms with Crippen LogP contribution in [-0.2, 0) is 16.6 Å². The molecular formula is C15H27N3O2S. The lowest BCUT2D eigenvalue weighted by Crippen LogP contribution is -2.33. The molecule has 5 nitrogen and oxygen atoms in total. The summed E-state index contributed by atoms with van der Waals surface area (Å²) in [5.41, 5.74) is 0.914. The molecule has 1 saturated carbocycles.